The van der Waals surface area contributed by atoms with Crippen LogP contribution in [0.25, 0.3) is 0 Å². The van der Waals surface area contributed by atoms with Crippen molar-refractivity contribution < 1.29 is 9.66 Å². The highest BCUT2D eigenvalue weighted by molar-refractivity contribution is 6.76. The molecule has 1 aromatic rings. The van der Waals surface area contributed by atoms with E-state index in [1.807, 2.05) is 0 Å². The first-order valence-electron chi connectivity index (χ1n) is 8.31. The quantitative estimate of drug-likeness (QED) is 0.356. The van der Waals surface area contributed by atoms with Crippen LogP contribution in [0.5, 0.6) is 0 Å². The number of aromatic amines is 1. The molecular weight excluding hydrogens is 312 g/mol. The molecule has 2 heterocycles. The SMILES string of the molecule is CC1CCCN(c2[nH]ncc2C(OCC[Si](C)(C)C)[N+](=O)[O-])C1. The molecule has 2 atom stereocenters. The zero-order valence-electron chi connectivity index (χ0n) is 14.5. The molecule has 0 saturated carbocycles. The van der Waals surface area contributed by atoms with Crippen LogP contribution in [-0.4, -0.2) is 42.9 Å². The van der Waals surface area contributed by atoms with E-state index in [9.17, 15) is 10.1 Å². The second-order valence-corrected chi connectivity index (χ2v) is 13.3. The molecule has 8 heteroatoms. The summed E-state index contributed by atoms with van der Waals surface area (Å²) in [7, 11) is -1.28. The second kappa shape index (κ2) is 7.44. The Labute approximate surface area is 138 Å². The summed E-state index contributed by atoms with van der Waals surface area (Å²) in [5.41, 5.74) is 0.541. The van der Waals surface area contributed by atoms with Gasteiger partial charge in [0, 0.05) is 21.2 Å². The Morgan fingerprint density at radius 2 is 2.30 bits per heavy atom. The molecule has 0 radical (unpaired) electrons. The van der Waals surface area contributed by atoms with Gasteiger partial charge in [0.15, 0.2) is 0 Å². The maximum absolute atomic E-state index is 11.5. The summed E-state index contributed by atoms with van der Waals surface area (Å²) in [6.45, 7) is 11.1. The lowest BCUT2D eigenvalue weighted by atomic mass is 10.00. The van der Waals surface area contributed by atoms with Crippen LogP contribution in [0, 0.1) is 16.0 Å². The van der Waals surface area contributed by atoms with Crippen LogP contribution in [0.1, 0.15) is 31.6 Å². The molecule has 2 rings (SSSR count). The largest absolute Gasteiger partial charge is 0.356 e. The number of aromatic nitrogens is 2. The molecule has 1 fully saturated rings. The molecule has 0 spiro atoms. The summed E-state index contributed by atoms with van der Waals surface area (Å²) >= 11 is 0. The fourth-order valence-electron chi connectivity index (χ4n) is 2.86. The monoisotopic (exact) mass is 340 g/mol. The molecule has 1 aromatic heterocycles. The van der Waals surface area contributed by atoms with Gasteiger partial charge < -0.3 is 9.64 Å². The molecule has 23 heavy (non-hydrogen) atoms. The van der Waals surface area contributed by atoms with Crippen molar-refractivity contribution in [2.24, 2.45) is 5.92 Å². The smallest absolute Gasteiger partial charge is 0.347 e. The molecule has 0 bridgehead atoms. The van der Waals surface area contributed by atoms with Gasteiger partial charge in [-0.1, -0.05) is 26.6 Å². The van der Waals surface area contributed by atoms with E-state index >= 15 is 0 Å². The molecule has 7 nitrogen and oxygen atoms in total. The minimum absolute atomic E-state index is 0.355. The van der Waals surface area contributed by atoms with Gasteiger partial charge in [0.25, 0.3) is 0 Å². The first kappa shape index (κ1) is 17.9. The number of anilines is 1. The number of hydrogen-bond acceptors (Lipinski definition) is 5. The number of nitrogens with one attached hydrogen (secondary N) is 1. The maximum atomic E-state index is 11.5. The average molecular weight is 341 g/mol. The van der Waals surface area contributed by atoms with Crippen molar-refractivity contribution >= 4 is 13.9 Å². The predicted octanol–water partition coefficient (Wildman–Crippen LogP) is 3.28. The molecule has 1 saturated heterocycles. The van der Waals surface area contributed by atoms with Gasteiger partial charge in [0.2, 0.25) is 0 Å². The van der Waals surface area contributed by atoms with E-state index in [1.54, 1.807) is 0 Å². The third kappa shape index (κ3) is 5.03. The number of H-pyrrole nitrogens is 1. The molecule has 1 aliphatic rings. The highest BCUT2D eigenvalue weighted by atomic mass is 28.3. The molecule has 0 aromatic carbocycles. The zero-order chi connectivity index (χ0) is 17.0. The standard InChI is InChI=1S/C15H28N4O3Si/c1-12-6-5-7-18(11-12)14-13(10-16-17-14)15(19(20)21)22-8-9-23(2,3)4/h10,12,15H,5-9,11H2,1-4H3,(H,16,17). The van der Waals surface area contributed by atoms with Crippen molar-refractivity contribution in [1.29, 1.82) is 0 Å². The van der Waals surface area contributed by atoms with E-state index in [1.165, 1.54) is 12.6 Å². The van der Waals surface area contributed by atoms with Crippen LogP contribution in [0.15, 0.2) is 6.20 Å². The molecular formula is C15H28N4O3Si. The Morgan fingerprint density at radius 3 is 2.91 bits per heavy atom. The van der Waals surface area contributed by atoms with Crippen LogP contribution < -0.4 is 4.90 Å². The fourth-order valence-corrected chi connectivity index (χ4v) is 3.59. The Bertz CT molecular complexity index is 529. The van der Waals surface area contributed by atoms with Crippen molar-refractivity contribution in [3.63, 3.8) is 0 Å². The summed E-state index contributed by atoms with van der Waals surface area (Å²) in [5.74, 6) is 1.33. The number of piperidine rings is 1. The zero-order valence-corrected chi connectivity index (χ0v) is 15.5. The number of rotatable bonds is 7. The van der Waals surface area contributed by atoms with Gasteiger partial charge in [-0.3, -0.25) is 15.2 Å². The van der Waals surface area contributed by atoms with Crippen LogP contribution >= 0.6 is 0 Å². The normalized spacial score (nSPS) is 20.5. The van der Waals surface area contributed by atoms with Crippen LogP contribution in [0.4, 0.5) is 5.82 Å². The summed E-state index contributed by atoms with van der Waals surface area (Å²) in [5, 5.41) is 18.5. The van der Waals surface area contributed by atoms with Crippen molar-refractivity contribution in [3.8, 4) is 0 Å². The van der Waals surface area contributed by atoms with E-state index in [-0.39, 0.29) is 4.92 Å². The van der Waals surface area contributed by atoms with Gasteiger partial charge in [-0.25, -0.2) is 0 Å². The lowest BCUT2D eigenvalue weighted by Crippen LogP contribution is -2.35. The topological polar surface area (TPSA) is 84.3 Å². The average Bonchev–Trinajstić information content (AvgIpc) is 2.91. The number of nitrogens with zero attached hydrogens (tertiary/aromatic N) is 3. The Hall–Kier alpha value is -1.41. The Kier molecular flexibility index (Phi) is 5.80. The van der Waals surface area contributed by atoms with Crippen molar-refractivity contribution in [3.05, 3.63) is 21.9 Å². The van der Waals surface area contributed by atoms with E-state index in [0.717, 1.165) is 31.4 Å². The number of hydrogen-bond donors (Lipinski definition) is 1. The highest BCUT2D eigenvalue weighted by Gasteiger charge is 2.32. The fraction of sp³-hybridized carbons (Fsp3) is 0.800. The Balaban J connectivity index is 2.10. The number of nitro groups is 1. The molecule has 130 valence electrons. The van der Waals surface area contributed by atoms with Crippen molar-refractivity contribution in [2.45, 2.75) is 51.7 Å². The molecule has 0 amide bonds. The third-order valence-electron chi connectivity index (χ3n) is 4.21. The molecule has 2 unspecified atom stereocenters. The van der Waals surface area contributed by atoms with Gasteiger partial charge in [-0.2, -0.15) is 5.10 Å². The van der Waals surface area contributed by atoms with Crippen molar-refractivity contribution in [2.75, 3.05) is 24.6 Å². The molecule has 0 aliphatic carbocycles. The van der Waals surface area contributed by atoms with Crippen LogP contribution in [-0.2, 0) is 4.74 Å². The predicted molar refractivity (Wildman–Crippen MR) is 93.0 cm³/mol. The van der Waals surface area contributed by atoms with E-state index in [4.69, 9.17) is 4.74 Å². The van der Waals surface area contributed by atoms with E-state index in [2.05, 4.69) is 41.7 Å². The minimum Gasteiger partial charge on any atom is -0.356 e. The maximum Gasteiger partial charge on any atom is 0.347 e. The van der Waals surface area contributed by atoms with Gasteiger partial charge >= 0.3 is 6.23 Å². The first-order valence-corrected chi connectivity index (χ1v) is 12.0. The van der Waals surface area contributed by atoms with Gasteiger partial charge in [0.05, 0.1) is 17.7 Å². The lowest BCUT2D eigenvalue weighted by molar-refractivity contribution is -0.583. The Morgan fingerprint density at radius 1 is 1.57 bits per heavy atom. The minimum atomic E-state index is -1.28. The van der Waals surface area contributed by atoms with E-state index in [0.29, 0.717) is 18.1 Å². The molecule has 1 aliphatic heterocycles. The second-order valence-electron chi connectivity index (χ2n) is 7.69. The van der Waals surface area contributed by atoms with Crippen molar-refractivity contribution in [1.82, 2.24) is 10.2 Å². The van der Waals surface area contributed by atoms with Crippen LogP contribution in [0.3, 0.4) is 0 Å². The summed E-state index contributed by atoms with van der Waals surface area (Å²) in [6, 6.07) is 0.908. The van der Waals surface area contributed by atoms with Gasteiger partial charge in [-0.15, -0.1) is 0 Å². The highest BCUT2D eigenvalue weighted by Crippen LogP contribution is 2.30. The first-order chi connectivity index (χ1) is 10.8. The summed E-state index contributed by atoms with van der Waals surface area (Å²) < 4.78 is 5.63. The van der Waals surface area contributed by atoms with Gasteiger partial charge in [0.1, 0.15) is 11.4 Å². The molecule has 1 N–H and O–H groups in total. The van der Waals surface area contributed by atoms with Crippen LogP contribution in [0.2, 0.25) is 25.7 Å². The summed E-state index contributed by atoms with van der Waals surface area (Å²) in [6.07, 6.45) is 2.69. The lowest BCUT2D eigenvalue weighted by Gasteiger charge is -2.32. The van der Waals surface area contributed by atoms with E-state index < -0.39 is 14.3 Å². The summed E-state index contributed by atoms with van der Waals surface area (Å²) in [4.78, 5) is 13.3. The third-order valence-corrected chi connectivity index (χ3v) is 5.91. The number of ether oxygens (including phenoxy) is 1. The van der Waals surface area contributed by atoms with Gasteiger partial charge in [-0.05, 0) is 24.8 Å².